The number of likely N-dealkylation sites (N-methyl/N-ethyl adjacent to an activating group) is 1. The summed E-state index contributed by atoms with van der Waals surface area (Å²) in [7, 11) is 2.06. The molecule has 0 spiro atoms. The van der Waals surface area contributed by atoms with Crippen LogP contribution in [0.5, 0.6) is 0 Å². The summed E-state index contributed by atoms with van der Waals surface area (Å²) in [5.74, 6) is 1.31. The summed E-state index contributed by atoms with van der Waals surface area (Å²) < 4.78 is 0. The van der Waals surface area contributed by atoms with E-state index in [1.165, 1.54) is 5.56 Å². The summed E-state index contributed by atoms with van der Waals surface area (Å²) >= 11 is 0. The third-order valence-electron chi connectivity index (χ3n) is 3.63. The average Bonchev–Trinajstić information content (AvgIpc) is 2.46. The molecule has 0 radical (unpaired) electrons. The maximum atomic E-state index is 4.45. The van der Waals surface area contributed by atoms with Crippen molar-refractivity contribution in [2.75, 3.05) is 51.2 Å². The van der Waals surface area contributed by atoms with Crippen LogP contribution >= 0.6 is 0 Å². The maximum Gasteiger partial charge on any atom is 0.225 e. The van der Waals surface area contributed by atoms with E-state index in [0.717, 1.165) is 45.2 Å². The first kappa shape index (κ1) is 14.2. The Hall–Kier alpha value is -1.20. The van der Waals surface area contributed by atoms with E-state index in [0.29, 0.717) is 5.92 Å². The van der Waals surface area contributed by atoms with E-state index in [1.807, 2.05) is 12.4 Å². The highest BCUT2D eigenvalue weighted by atomic mass is 15.3. The van der Waals surface area contributed by atoms with E-state index in [9.17, 15) is 0 Å². The third-order valence-corrected chi connectivity index (χ3v) is 3.63. The van der Waals surface area contributed by atoms with Crippen LogP contribution in [-0.4, -0.2) is 61.2 Å². The van der Waals surface area contributed by atoms with Gasteiger partial charge in [-0.05, 0) is 11.5 Å². The molecule has 1 aliphatic heterocycles. The summed E-state index contributed by atoms with van der Waals surface area (Å²) in [4.78, 5) is 13.5. The van der Waals surface area contributed by atoms with Crippen molar-refractivity contribution in [1.82, 2.24) is 20.2 Å². The molecule has 0 bridgehead atoms. The predicted octanol–water partition coefficient (Wildman–Crippen LogP) is 0.941. The molecule has 1 aromatic heterocycles. The van der Waals surface area contributed by atoms with Crippen LogP contribution in [0, 0.1) is 0 Å². The summed E-state index contributed by atoms with van der Waals surface area (Å²) in [6, 6.07) is 0. The smallest absolute Gasteiger partial charge is 0.225 e. The molecule has 19 heavy (non-hydrogen) atoms. The van der Waals surface area contributed by atoms with E-state index in [2.05, 4.69) is 46.0 Å². The molecule has 0 saturated carbocycles. The first-order valence-corrected chi connectivity index (χ1v) is 7.13. The van der Waals surface area contributed by atoms with Gasteiger partial charge in [-0.3, -0.25) is 4.90 Å². The first-order chi connectivity index (χ1) is 9.16. The van der Waals surface area contributed by atoms with Crippen molar-refractivity contribution < 1.29 is 0 Å². The molecule has 1 aliphatic rings. The Morgan fingerprint density at radius 1 is 1.26 bits per heavy atom. The van der Waals surface area contributed by atoms with Crippen LogP contribution in [0.1, 0.15) is 25.3 Å². The van der Waals surface area contributed by atoms with Gasteiger partial charge in [-0.15, -0.1) is 0 Å². The lowest BCUT2D eigenvalue weighted by Crippen LogP contribution is -2.46. The summed E-state index contributed by atoms with van der Waals surface area (Å²) in [5, 5.41) is 3.37. The Kier molecular flexibility index (Phi) is 5.10. The van der Waals surface area contributed by atoms with Crippen molar-refractivity contribution in [3.8, 4) is 0 Å². The van der Waals surface area contributed by atoms with Crippen LogP contribution in [0.25, 0.3) is 0 Å². The van der Waals surface area contributed by atoms with Crippen molar-refractivity contribution in [3.63, 3.8) is 0 Å². The Morgan fingerprint density at radius 2 is 1.89 bits per heavy atom. The number of hydrogen-bond donors (Lipinski definition) is 1. The van der Waals surface area contributed by atoms with E-state index in [4.69, 9.17) is 0 Å². The number of anilines is 1. The zero-order valence-electron chi connectivity index (χ0n) is 12.3. The van der Waals surface area contributed by atoms with Gasteiger partial charge in [-0.25, -0.2) is 9.97 Å². The number of piperazine rings is 1. The summed E-state index contributed by atoms with van der Waals surface area (Å²) in [6.45, 7) is 10.8. The number of nitrogens with zero attached hydrogens (tertiary/aromatic N) is 4. The lowest BCUT2D eigenvalue weighted by Gasteiger charge is -2.29. The minimum absolute atomic E-state index is 0.486. The zero-order valence-corrected chi connectivity index (χ0v) is 12.3. The SMILES string of the molecule is CC(C)c1cnc(N(C)CCN2CCNCC2)nc1. The average molecular weight is 263 g/mol. The second kappa shape index (κ2) is 6.82. The van der Waals surface area contributed by atoms with E-state index in [1.54, 1.807) is 0 Å². The molecule has 106 valence electrons. The normalized spacial score (nSPS) is 16.8. The van der Waals surface area contributed by atoms with Gasteiger partial charge < -0.3 is 10.2 Å². The number of hydrogen-bond acceptors (Lipinski definition) is 5. The van der Waals surface area contributed by atoms with Crippen molar-refractivity contribution in [3.05, 3.63) is 18.0 Å². The van der Waals surface area contributed by atoms with E-state index >= 15 is 0 Å². The summed E-state index contributed by atoms with van der Waals surface area (Å²) in [6.07, 6.45) is 3.88. The highest BCUT2D eigenvalue weighted by Crippen LogP contribution is 2.13. The molecule has 0 amide bonds. The van der Waals surface area contributed by atoms with Crippen LogP contribution in [0.4, 0.5) is 5.95 Å². The molecule has 1 saturated heterocycles. The van der Waals surface area contributed by atoms with Crippen molar-refractivity contribution >= 4 is 5.95 Å². The fourth-order valence-electron chi connectivity index (χ4n) is 2.15. The Bertz CT molecular complexity index is 370. The Labute approximate surface area is 116 Å². The van der Waals surface area contributed by atoms with Crippen molar-refractivity contribution in [2.24, 2.45) is 0 Å². The quantitative estimate of drug-likeness (QED) is 0.856. The molecular formula is C14H25N5. The second-order valence-corrected chi connectivity index (χ2v) is 5.48. The monoisotopic (exact) mass is 263 g/mol. The van der Waals surface area contributed by atoms with Gasteiger partial charge in [0.25, 0.3) is 0 Å². The van der Waals surface area contributed by atoms with Gasteiger partial charge >= 0.3 is 0 Å². The molecule has 1 aromatic rings. The molecular weight excluding hydrogens is 238 g/mol. The van der Waals surface area contributed by atoms with Crippen LogP contribution in [-0.2, 0) is 0 Å². The van der Waals surface area contributed by atoms with Gasteiger partial charge in [0, 0.05) is 58.7 Å². The predicted molar refractivity (Wildman–Crippen MR) is 78.7 cm³/mol. The Morgan fingerprint density at radius 3 is 2.47 bits per heavy atom. The van der Waals surface area contributed by atoms with Gasteiger partial charge in [-0.2, -0.15) is 0 Å². The van der Waals surface area contributed by atoms with Gasteiger partial charge in [0.15, 0.2) is 0 Å². The van der Waals surface area contributed by atoms with Gasteiger partial charge in [0.2, 0.25) is 5.95 Å². The number of rotatable bonds is 5. The van der Waals surface area contributed by atoms with E-state index in [-0.39, 0.29) is 0 Å². The van der Waals surface area contributed by atoms with Crippen LogP contribution in [0.3, 0.4) is 0 Å². The van der Waals surface area contributed by atoms with Crippen molar-refractivity contribution in [2.45, 2.75) is 19.8 Å². The largest absolute Gasteiger partial charge is 0.343 e. The molecule has 0 unspecified atom stereocenters. The van der Waals surface area contributed by atoms with Gasteiger partial charge in [-0.1, -0.05) is 13.8 Å². The molecule has 1 N–H and O–H groups in total. The van der Waals surface area contributed by atoms with Gasteiger partial charge in [0.1, 0.15) is 0 Å². The molecule has 1 fully saturated rings. The zero-order chi connectivity index (χ0) is 13.7. The molecule has 0 aromatic carbocycles. The van der Waals surface area contributed by atoms with Crippen molar-refractivity contribution in [1.29, 1.82) is 0 Å². The summed E-state index contributed by atoms with van der Waals surface area (Å²) in [5.41, 5.74) is 1.19. The molecule has 0 aliphatic carbocycles. The van der Waals surface area contributed by atoms with Gasteiger partial charge in [0.05, 0.1) is 0 Å². The highest BCUT2D eigenvalue weighted by molar-refractivity contribution is 5.28. The molecule has 2 rings (SSSR count). The standard InChI is InChI=1S/C14H25N5/c1-12(2)13-10-16-14(17-11-13)18(3)8-9-19-6-4-15-5-7-19/h10-12,15H,4-9H2,1-3H3. The van der Waals surface area contributed by atoms with E-state index < -0.39 is 0 Å². The number of nitrogens with one attached hydrogen (secondary N) is 1. The maximum absolute atomic E-state index is 4.45. The topological polar surface area (TPSA) is 44.3 Å². The lowest BCUT2D eigenvalue weighted by molar-refractivity contribution is 0.246. The fourth-order valence-corrected chi connectivity index (χ4v) is 2.15. The second-order valence-electron chi connectivity index (χ2n) is 5.48. The first-order valence-electron chi connectivity index (χ1n) is 7.13. The molecule has 2 heterocycles. The number of aromatic nitrogens is 2. The van der Waals surface area contributed by atoms with Crippen LogP contribution in [0.2, 0.25) is 0 Å². The minimum atomic E-state index is 0.486. The minimum Gasteiger partial charge on any atom is -0.343 e. The van der Waals surface area contributed by atoms with Crippen LogP contribution in [0.15, 0.2) is 12.4 Å². The fraction of sp³-hybridized carbons (Fsp3) is 0.714. The molecule has 5 heteroatoms. The third kappa shape index (κ3) is 4.14. The highest BCUT2D eigenvalue weighted by Gasteiger charge is 2.11. The van der Waals surface area contributed by atoms with Crippen LogP contribution < -0.4 is 10.2 Å². The lowest BCUT2D eigenvalue weighted by atomic mass is 10.1. The molecule has 5 nitrogen and oxygen atoms in total. The Balaban J connectivity index is 1.83. The molecule has 0 atom stereocenters.